The predicted octanol–water partition coefficient (Wildman–Crippen LogP) is 1.45. The molecule has 0 aromatic heterocycles. The van der Waals surface area contributed by atoms with Crippen molar-refractivity contribution in [3.63, 3.8) is 0 Å². The van der Waals surface area contributed by atoms with Crippen LogP contribution in [0.3, 0.4) is 0 Å². The number of hydrogen-bond acceptors (Lipinski definition) is 4. The van der Waals surface area contributed by atoms with Crippen LogP contribution in [0.25, 0.3) is 6.08 Å². The average molecular weight is 353 g/mol. The highest BCUT2D eigenvalue weighted by molar-refractivity contribution is 7.89. The maximum Gasteiger partial charge on any atom is 0.243 e. The lowest BCUT2D eigenvalue weighted by atomic mass is 10.2. The SMILES string of the molecule is CC(C)NS(=O)(=O)c1ccc(/C=C/C(=O)NCCCN(C)C)cc1. The van der Waals surface area contributed by atoms with Crippen molar-refractivity contribution in [1.29, 1.82) is 0 Å². The molecule has 0 spiro atoms. The van der Waals surface area contributed by atoms with Gasteiger partial charge in [0.15, 0.2) is 0 Å². The number of nitrogens with one attached hydrogen (secondary N) is 2. The number of hydrogen-bond donors (Lipinski definition) is 2. The Kier molecular flexibility index (Phi) is 8.10. The zero-order valence-corrected chi connectivity index (χ0v) is 15.6. The van der Waals surface area contributed by atoms with Crippen LogP contribution in [0.5, 0.6) is 0 Å². The Balaban J connectivity index is 2.56. The van der Waals surface area contributed by atoms with Crippen molar-refractivity contribution < 1.29 is 13.2 Å². The predicted molar refractivity (Wildman–Crippen MR) is 97.1 cm³/mol. The zero-order valence-electron chi connectivity index (χ0n) is 14.7. The topological polar surface area (TPSA) is 78.5 Å². The van der Waals surface area contributed by atoms with Gasteiger partial charge in [-0.3, -0.25) is 4.79 Å². The standard InChI is InChI=1S/C17H27N3O3S/c1-14(2)19-24(22,23)16-9-6-15(7-10-16)8-11-17(21)18-12-5-13-20(3)4/h6-11,14,19H,5,12-13H2,1-4H3,(H,18,21)/b11-8+. The minimum absolute atomic E-state index is 0.160. The van der Waals surface area contributed by atoms with Gasteiger partial charge in [0.1, 0.15) is 0 Å². The van der Waals surface area contributed by atoms with E-state index in [2.05, 4.69) is 14.9 Å². The van der Waals surface area contributed by atoms with Gasteiger partial charge in [0, 0.05) is 18.7 Å². The number of nitrogens with zero attached hydrogens (tertiary/aromatic N) is 1. The number of rotatable bonds is 9. The molecule has 0 unspecified atom stereocenters. The highest BCUT2D eigenvalue weighted by Crippen LogP contribution is 2.12. The molecule has 0 fully saturated rings. The summed E-state index contributed by atoms with van der Waals surface area (Å²) in [6.07, 6.45) is 4.00. The molecule has 0 heterocycles. The summed E-state index contributed by atoms with van der Waals surface area (Å²) in [7, 11) is 0.490. The summed E-state index contributed by atoms with van der Waals surface area (Å²) >= 11 is 0. The Bertz CT molecular complexity index is 650. The van der Waals surface area contributed by atoms with Gasteiger partial charge in [-0.2, -0.15) is 0 Å². The fourth-order valence-electron chi connectivity index (χ4n) is 1.97. The molecule has 0 saturated heterocycles. The minimum atomic E-state index is -3.49. The van der Waals surface area contributed by atoms with Crippen LogP contribution in [0.2, 0.25) is 0 Å². The van der Waals surface area contributed by atoms with E-state index in [0.717, 1.165) is 18.5 Å². The van der Waals surface area contributed by atoms with Crippen molar-refractivity contribution >= 4 is 22.0 Å². The second-order valence-electron chi connectivity index (χ2n) is 6.13. The van der Waals surface area contributed by atoms with E-state index in [1.807, 2.05) is 14.1 Å². The maximum atomic E-state index is 12.0. The Morgan fingerprint density at radius 3 is 2.38 bits per heavy atom. The van der Waals surface area contributed by atoms with Crippen LogP contribution in [-0.2, 0) is 14.8 Å². The maximum absolute atomic E-state index is 12.0. The van der Waals surface area contributed by atoms with Crippen molar-refractivity contribution in [1.82, 2.24) is 14.9 Å². The number of benzene rings is 1. The molecule has 134 valence electrons. The lowest BCUT2D eigenvalue weighted by molar-refractivity contribution is -0.116. The average Bonchev–Trinajstić information content (AvgIpc) is 2.48. The fourth-order valence-corrected chi connectivity index (χ4v) is 3.23. The third-order valence-electron chi connectivity index (χ3n) is 3.09. The summed E-state index contributed by atoms with van der Waals surface area (Å²) in [6, 6.07) is 6.24. The summed E-state index contributed by atoms with van der Waals surface area (Å²) < 4.78 is 26.6. The first-order chi connectivity index (χ1) is 11.2. The molecule has 0 aliphatic heterocycles. The van der Waals surface area contributed by atoms with Gasteiger partial charge in [-0.05, 0) is 64.7 Å². The van der Waals surface area contributed by atoms with Crippen LogP contribution in [0, 0.1) is 0 Å². The molecule has 0 bridgehead atoms. The first-order valence-corrected chi connectivity index (χ1v) is 9.42. The molecule has 0 aliphatic rings. The molecule has 2 N–H and O–H groups in total. The van der Waals surface area contributed by atoms with E-state index in [1.165, 1.54) is 18.2 Å². The molecule has 0 radical (unpaired) electrons. The van der Waals surface area contributed by atoms with E-state index in [-0.39, 0.29) is 16.8 Å². The molecule has 1 rings (SSSR count). The quantitative estimate of drug-likeness (QED) is 0.520. The van der Waals surface area contributed by atoms with Crippen LogP contribution in [0.1, 0.15) is 25.8 Å². The first kappa shape index (κ1) is 20.3. The minimum Gasteiger partial charge on any atom is -0.353 e. The van der Waals surface area contributed by atoms with E-state index in [4.69, 9.17) is 0 Å². The molecule has 6 nitrogen and oxygen atoms in total. The summed E-state index contributed by atoms with van der Waals surface area (Å²) in [6.45, 7) is 5.08. The van der Waals surface area contributed by atoms with Gasteiger partial charge in [-0.1, -0.05) is 12.1 Å². The zero-order chi connectivity index (χ0) is 18.2. The Labute approximate surface area is 145 Å². The molecular weight excluding hydrogens is 326 g/mol. The Morgan fingerprint density at radius 2 is 1.83 bits per heavy atom. The first-order valence-electron chi connectivity index (χ1n) is 7.94. The molecule has 1 aromatic rings. The third kappa shape index (κ3) is 7.72. The number of amides is 1. The third-order valence-corrected chi connectivity index (χ3v) is 4.76. The molecule has 24 heavy (non-hydrogen) atoms. The van der Waals surface area contributed by atoms with Gasteiger partial charge < -0.3 is 10.2 Å². The lowest BCUT2D eigenvalue weighted by Crippen LogP contribution is -2.30. The summed E-state index contributed by atoms with van der Waals surface area (Å²) in [5.74, 6) is -0.160. The normalized spacial score (nSPS) is 12.2. The van der Waals surface area contributed by atoms with Gasteiger partial charge in [-0.25, -0.2) is 13.1 Å². The smallest absolute Gasteiger partial charge is 0.243 e. The van der Waals surface area contributed by atoms with Gasteiger partial charge in [0.05, 0.1) is 4.90 Å². The van der Waals surface area contributed by atoms with Crippen LogP contribution >= 0.6 is 0 Å². The van der Waals surface area contributed by atoms with E-state index in [0.29, 0.717) is 6.54 Å². The summed E-state index contributed by atoms with van der Waals surface area (Å²) in [5.41, 5.74) is 0.766. The van der Waals surface area contributed by atoms with Crippen LogP contribution in [0.4, 0.5) is 0 Å². The second-order valence-corrected chi connectivity index (χ2v) is 7.84. The fraction of sp³-hybridized carbons (Fsp3) is 0.471. The van der Waals surface area contributed by atoms with Crippen molar-refractivity contribution in [2.24, 2.45) is 0 Å². The van der Waals surface area contributed by atoms with Gasteiger partial charge in [0.2, 0.25) is 15.9 Å². The molecule has 1 amide bonds. The second kappa shape index (κ2) is 9.56. The molecular formula is C17H27N3O3S. The molecule has 7 heteroatoms. The van der Waals surface area contributed by atoms with Crippen LogP contribution in [-0.4, -0.2) is 52.5 Å². The van der Waals surface area contributed by atoms with E-state index in [1.54, 1.807) is 32.1 Å². The van der Waals surface area contributed by atoms with E-state index < -0.39 is 10.0 Å². The van der Waals surface area contributed by atoms with Gasteiger partial charge in [0.25, 0.3) is 0 Å². The summed E-state index contributed by atoms with van der Waals surface area (Å²) in [5, 5.41) is 2.81. The van der Waals surface area contributed by atoms with E-state index in [9.17, 15) is 13.2 Å². The van der Waals surface area contributed by atoms with Crippen molar-refractivity contribution in [2.75, 3.05) is 27.2 Å². The molecule has 0 saturated carbocycles. The Hall–Kier alpha value is -1.70. The summed E-state index contributed by atoms with van der Waals surface area (Å²) in [4.78, 5) is 14.0. The number of sulfonamides is 1. The lowest BCUT2D eigenvalue weighted by Gasteiger charge is -2.09. The highest BCUT2D eigenvalue weighted by atomic mass is 32.2. The number of carbonyl (C=O) groups is 1. The van der Waals surface area contributed by atoms with Crippen LogP contribution < -0.4 is 10.0 Å². The molecule has 0 aliphatic carbocycles. The molecule has 1 aromatic carbocycles. The number of carbonyl (C=O) groups excluding carboxylic acids is 1. The van der Waals surface area contributed by atoms with E-state index >= 15 is 0 Å². The van der Waals surface area contributed by atoms with Crippen molar-refractivity contribution in [3.05, 3.63) is 35.9 Å². The Morgan fingerprint density at radius 1 is 1.21 bits per heavy atom. The van der Waals surface area contributed by atoms with Gasteiger partial charge in [-0.15, -0.1) is 0 Å². The van der Waals surface area contributed by atoms with Crippen molar-refractivity contribution in [2.45, 2.75) is 31.2 Å². The van der Waals surface area contributed by atoms with Crippen LogP contribution in [0.15, 0.2) is 35.2 Å². The van der Waals surface area contributed by atoms with Gasteiger partial charge >= 0.3 is 0 Å². The largest absolute Gasteiger partial charge is 0.353 e. The monoisotopic (exact) mass is 353 g/mol. The highest BCUT2D eigenvalue weighted by Gasteiger charge is 2.14. The molecule has 0 atom stereocenters. The van der Waals surface area contributed by atoms with Crippen molar-refractivity contribution in [3.8, 4) is 0 Å².